The lowest BCUT2D eigenvalue weighted by atomic mass is 9.97. The molecule has 0 saturated carbocycles. The molecule has 0 saturated heterocycles. The number of hydrogen-bond donors (Lipinski definition) is 2. The minimum absolute atomic E-state index is 0.0354. The lowest BCUT2D eigenvalue weighted by Crippen LogP contribution is -2.33. The Morgan fingerprint density at radius 3 is 2.37 bits per heavy atom. The predicted molar refractivity (Wildman–Crippen MR) is 84.7 cm³/mol. The molecule has 0 aliphatic rings. The molecule has 0 amide bonds. The normalized spacial score (nSPS) is 11.9. The van der Waals surface area contributed by atoms with Crippen LogP contribution in [0.2, 0.25) is 0 Å². The maximum absolute atomic E-state index is 5.96. The summed E-state index contributed by atoms with van der Waals surface area (Å²) in [6.07, 6.45) is 3.33. The zero-order chi connectivity index (χ0) is 14.5. The van der Waals surface area contributed by atoms with Crippen LogP contribution >= 0.6 is 0 Å². The average molecular weight is 262 g/mol. The van der Waals surface area contributed by atoms with E-state index in [2.05, 4.69) is 52.1 Å². The first-order valence-corrected chi connectivity index (χ1v) is 7.36. The molecule has 19 heavy (non-hydrogen) atoms. The fourth-order valence-electron chi connectivity index (χ4n) is 2.30. The van der Waals surface area contributed by atoms with Gasteiger partial charge in [0, 0.05) is 5.54 Å². The van der Waals surface area contributed by atoms with Crippen molar-refractivity contribution in [3.05, 3.63) is 34.4 Å². The van der Waals surface area contributed by atoms with E-state index >= 15 is 0 Å². The maximum Gasteiger partial charge on any atom is 0.00975 e. The number of rotatable bonds is 7. The summed E-state index contributed by atoms with van der Waals surface area (Å²) in [6, 6.07) is 4.50. The molecule has 3 N–H and O–H groups in total. The second-order valence-electron chi connectivity index (χ2n) is 6.38. The molecule has 0 atom stereocenters. The van der Waals surface area contributed by atoms with Gasteiger partial charge < -0.3 is 11.1 Å². The third-order valence-corrected chi connectivity index (χ3v) is 3.92. The quantitative estimate of drug-likeness (QED) is 0.740. The van der Waals surface area contributed by atoms with Crippen molar-refractivity contribution in [1.29, 1.82) is 0 Å². The smallest absolute Gasteiger partial charge is 0.00975 e. The van der Waals surface area contributed by atoms with Crippen LogP contribution in [0, 0.1) is 20.8 Å². The first kappa shape index (κ1) is 16.2. The molecule has 0 bridgehead atoms. The number of nitrogens with two attached hydrogens (primary N) is 1. The highest BCUT2D eigenvalue weighted by Gasteiger charge is 2.09. The lowest BCUT2D eigenvalue weighted by Gasteiger charge is -2.18. The molecule has 1 aromatic rings. The van der Waals surface area contributed by atoms with Crippen LogP contribution in [0.4, 0.5) is 0 Å². The van der Waals surface area contributed by atoms with Gasteiger partial charge in [0.05, 0.1) is 0 Å². The molecule has 108 valence electrons. The van der Waals surface area contributed by atoms with Crippen molar-refractivity contribution < 1.29 is 0 Å². The molecular weight excluding hydrogens is 232 g/mol. The van der Waals surface area contributed by atoms with Gasteiger partial charge in [-0.1, -0.05) is 12.1 Å². The highest BCUT2D eigenvalue weighted by atomic mass is 14.8. The van der Waals surface area contributed by atoms with Gasteiger partial charge in [0.1, 0.15) is 0 Å². The van der Waals surface area contributed by atoms with Gasteiger partial charge in [-0.3, -0.25) is 0 Å². The van der Waals surface area contributed by atoms with Crippen LogP contribution in [0.25, 0.3) is 0 Å². The number of aryl methyl sites for hydroxylation is 1. The largest absolute Gasteiger partial charge is 0.326 e. The van der Waals surface area contributed by atoms with E-state index < -0.39 is 0 Å². The Morgan fingerprint density at radius 2 is 1.74 bits per heavy atom. The Hall–Kier alpha value is -0.860. The summed E-state index contributed by atoms with van der Waals surface area (Å²) < 4.78 is 0. The van der Waals surface area contributed by atoms with Crippen LogP contribution in [0.1, 0.15) is 48.9 Å². The zero-order valence-corrected chi connectivity index (χ0v) is 13.3. The highest BCUT2D eigenvalue weighted by molar-refractivity contribution is 5.38. The molecular formula is C17H30N2. The van der Waals surface area contributed by atoms with E-state index in [4.69, 9.17) is 5.73 Å². The minimum Gasteiger partial charge on any atom is -0.326 e. The molecule has 0 aromatic heterocycles. The second kappa shape index (κ2) is 7.06. The van der Waals surface area contributed by atoms with Crippen LogP contribution < -0.4 is 11.1 Å². The number of hydrogen-bond acceptors (Lipinski definition) is 2. The third kappa shape index (κ3) is 5.75. The van der Waals surface area contributed by atoms with E-state index in [1.165, 1.54) is 22.3 Å². The van der Waals surface area contributed by atoms with Crippen molar-refractivity contribution in [2.75, 3.05) is 13.1 Å². The summed E-state index contributed by atoms with van der Waals surface area (Å²) >= 11 is 0. The Bertz CT molecular complexity index is 402. The van der Waals surface area contributed by atoms with Crippen LogP contribution in [-0.2, 0) is 6.42 Å². The fourth-order valence-corrected chi connectivity index (χ4v) is 2.30. The topological polar surface area (TPSA) is 38.0 Å². The van der Waals surface area contributed by atoms with E-state index in [0.717, 1.165) is 32.4 Å². The Kier molecular flexibility index (Phi) is 6.02. The van der Waals surface area contributed by atoms with Crippen molar-refractivity contribution in [1.82, 2.24) is 5.32 Å². The van der Waals surface area contributed by atoms with Gasteiger partial charge in [0.25, 0.3) is 0 Å². The predicted octanol–water partition coefficient (Wildman–Crippen LogP) is 3.26. The summed E-state index contributed by atoms with van der Waals surface area (Å²) in [7, 11) is 0. The monoisotopic (exact) mass is 262 g/mol. The molecule has 0 spiro atoms. The Labute approximate surface area is 118 Å². The molecule has 2 nitrogen and oxygen atoms in total. The number of nitrogens with one attached hydrogen (secondary N) is 1. The van der Waals surface area contributed by atoms with Crippen molar-refractivity contribution in [3.63, 3.8) is 0 Å². The summed E-state index contributed by atoms with van der Waals surface area (Å²) in [5, 5.41) is 3.51. The molecule has 0 heterocycles. The van der Waals surface area contributed by atoms with Crippen LogP contribution in [0.5, 0.6) is 0 Å². The number of benzene rings is 1. The van der Waals surface area contributed by atoms with Crippen molar-refractivity contribution in [2.45, 2.75) is 59.4 Å². The summed E-state index contributed by atoms with van der Waals surface area (Å²) in [5.41, 5.74) is 11.7. The van der Waals surface area contributed by atoms with E-state index in [0.29, 0.717) is 0 Å². The molecule has 0 aliphatic carbocycles. The van der Waals surface area contributed by atoms with E-state index in [1.807, 2.05) is 0 Å². The van der Waals surface area contributed by atoms with Crippen molar-refractivity contribution in [3.8, 4) is 0 Å². The minimum atomic E-state index is -0.0354. The Morgan fingerprint density at radius 1 is 1.05 bits per heavy atom. The highest BCUT2D eigenvalue weighted by Crippen LogP contribution is 2.17. The first-order valence-electron chi connectivity index (χ1n) is 7.36. The molecule has 0 radical (unpaired) electrons. The van der Waals surface area contributed by atoms with Gasteiger partial charge >= 0.3 is 0 Å². The van der Waals surface area contributed by atoms with E-state index in [9.17, 15) is 0 Å². The van der Waals surface area contributed by atoms with E-state index in [-0.39, 0.29) is 5.54 Å². The second-order valence-corrected chi connectivity index (χ2v) is 6.38. The Balaban J connectivity index is 2.29. The van der Waals surface area contributed by atoms with Crippen LogP contribution in [0.3, 0.4) is 0 Å². The summed E-state index contributed by atoms with van der Waals surface area (Å²) in [4.78, 5) is 0. The van der Waals surface area contributed by atoms with Gasteiger partial charge in [-0.25, -0.2) is 0 Å². The SMILES string of the molecule is Cc1ccc(CCNCCCC(C)(C)N)c(C)c1C. The third-order valence-electron chi connectivity index (χ3n) is 3.92. The molecule has 0 fully saturated rings. The van der Waals surface area contributed by atoms with Crippen molar-refractivity contribution >= 4 is 0 Å². The zero-order valence-electron chi connectivity index (χ0n) is 13.3. The first-order chi connectivity index (χ1) is 8.81. The fraction of sp³-hybridized carbons (Fsp3) is 0.647. The molecule has 1 rings (SSSR count). The van der Waals surface area contributed by atoms with Gasteiger partial charge in [-0.2, -0.15) is 0 Å². The van der Waals surface area contributed by atoms with E-state index in [1.54, 1.807) is 0 Å². The molecule has 2 heteroatoms. The van der Waals surface area contributed by atoms with Gasteiger partial charge in [-0.15, -0.1) is 0 Å². The standard InChI is InChI=1S/C17H30N2/c1-13-7-8-16(15(3)14(13)2)9-12-19-11-6-10-17(4,5)18/h7-8,19H,6,9-12,18H2,1-5H3. The molecule has 0 aliphatic heterocycles. The van der Waals surface area contributed by atoms with Gasteiger partial charge in [0.2, 0.25) is 0 Å². The molecule has 1 aromatic carbocycles. The van der Waals surface area contributed by atoms with Crippen LogP contribution in [-0.4, -0.2) is 18.6 Å². The summed E-state index contributed by atoms with van der Waals surface area (Å²) in [5.74, 6) is 0. The lowest BCUT2D eigenvalue weighted by molar-refractivity contribution is 0.449. The summed E-state index contributed by atoms with van der Waals surface area (Å²) in [6.45, 7) is 12.9. The molecule has 0 unspecified atom stereocenters. The average Bonchev–Trinajstić information content (AvgIpc) is 2.32. The van der Waals surface area contributed by atoms with Crippen LogP contribution in [0.15, 0.2) is 12.1 Å². The maximum atomic E-state index is 5.96. The van der Waals surface area contributed by atoms with Gasteiger partial charge in [0.15, 0.2) is 0 Å². The van der Waals surface area contributed by atoms with Gasteiger partial charge in [-0.05, 0) is 89.2 Å². The van der Waals surface area contributed by atoms with Crippen molar-refractivity contribution in [2.24, 2.45) is 5.73 Å².